The summed E-state index contributed by atoms with van der Waals surface area (Å²) in [5.74, 6) is 1.42. The van der Waals surface area contributed by atoms with Gasteiger partial charge in [-0.3, -0.25) is 4.79 Å². The van der Waals surface area contributed by atoms with E-state index >= 15 is 0 Å². The fourth-order valence-corrected chi connectivity index (χ4v) is 3.50. The number of anilines is 1. The Hall–Kier alpha value is -3.41. The van der Waals surface area contributed by atoms with Crippen LogP contribution in [-0.2, 0) is 19.4 Å². The Morgan fingerprint density at radius 1 is 1.07 bits per heavy atom. The first-order valence-corrected chi connectivity index (χ1v) is 9.78. The molecule has 0 fully saturated rings. The fourth-order valence-electron chi connectivity index (χ4n) is 3.50. The van der Waals surface area contributed by atoms with E-state index in [0.29, 0.717) is 12.2 Å². The Bertz CT molecular complexity index is 971. The lowest BCUT2D eigenvalue weighted by Gasteiger charge is -2.29. The van der Waals surface area contributed by atoms with Gasteiger partial charge in [-0.15, -0.1) is 0 Å². The Kier molecular flexibility index (Phi) is 5.70. The summed E-state index contributed by atoms with van der Waals surface area (Å²) in [6, 6.07) is 16.3. The van der Waals surface area contributed by atoms with E-state index < -0.39 is 0 Å². The Labute approximate surface area is 170 Å². The molecule has 4 rings (SSSR count). The van der Waals surface area contributed by atoms with Crippen LogP contribution >= 0.6 is 0 Å². The highest BCUT2D eigenvalue weighted by Gasteiger charge is 2.18. The van der Waals surface area contributed by atoms with Crippen LogP contribution in [0.2, 0.25) is 0 Å². The highest BCUT2D eigenvalue weighted by Crippen LogP contribution is 2.22. The number of ether oxygens (including phenoxy) is 1. The van der Waals surface area contributed by atoms with Crippen LogP contribution in [0.15, 0.2) is 60.9 Å². The van der Waals surface area contributed by atoms with Gasteiger partial charge in [-0.05, 0) is 41.7 Å². The Morgan fingerprint density at radius 3 is 2.59 bits per heavy atom. The van der Waals surface area contributed by atoms with Crippen molar-refractivity contribution in [3.8, 4) is 5.75 Å². The molecule has 1 aliphatic heterocycles. The molecular formula is C23H24N4O2. The first-order valence-electron chi connectivity index (χ1n) is 9.78. The van der Waals surface area contributed by atoms with Gasteiger partial charge in [0, 0.05) is 19.6 Å². The van der Waals surface area contributed by atoms with E-state index in [0.717, 1.165) is 43.1 Å². The summed E-state index contributed by atoms with van der Waals surface area (Å²) in [6.07, 6.45) is 4.98. The van der Waals surface area contributed by atoms with Crippen molar-refractivity contribution in [1.29, 1.82) is 0 Å². The van der Waals surface area contributed by atoms with Crippen LogP contribution < -0.4 is 15.0 Å². The van der Waals surface area contributed by atoms with E-state index in [1.807, 2.05) is 24.3 Å². The van der Waals surface area contributed by atoms with Crippen molar-refractivity contribution < 1.29 is 9.53 Å². The van der Waals surface area contributed by atoms with Gasteiger partial charge in [0.1, 0.15) is 17.3 Å². The van der Waals surface area contributed by atoms with Gasteiger partial charge in [-0.2, -0.15) is 0 Å². The number of hydrogen-bond acceptors (Lipinski definition) is 5. The molecule has 2 aromatic carbocycles. The van der Waals surface area contributed by atoms with Crippen molar-refractivity contribution >= 4 is 11.7 Å². The lowest BCUT2D eigenvalue weighted by atomic mass is 10.0. The summed E-state index contributed by atoms with van der Waals surface area (Å²) in [4.78, 5) is 23.3. The predicted octanol–water partition coefficient (Wildman–Crippen LogP) is 3.02. The average molecular weight is 388 g/mol. The van der Waals surface area contributed by atoms with Crippen molar-refractivity contribution in [3.63, 3.8) is 0 Å². The van der Waals surface area contributed by atoms with E-state index in [4.69, 9.17) is 4.74 Å². The first-order chi connectivity index (χ1) is 14.2. The molecular weight excluding hydrogens is 364 g/mol. The number of rotatable bonds is 6. The van der Waals surface area contributed by atoms with Crippen molar-refractivity contribution in [2.75, 3.05) is 25.1 Å². The van der Waals surface area contributed by atoms with Crippen LogP contribution in [0.5, 0.6) is 5.75 Å². The van der Waals surface area contributed by atoms with Crippen molar-refractivity contribution in [3.05, 3.63) is 83.3 Å². The van der Waals surface area contributed by atoms with Gasteiger partial charge < -0.3 is 15.0 Å². The van der Waals surface area contributed by atoms with Crippen molar-refractivity contribution in [2.24, 2.45) is 0 Å². The lowest BCUT2D eigenvalue weighted by molar-refractivity contribution is 0.0949. The zero-order valence-electron chi connectivity index (χ0n) is 16.5. The monoisotopic (exact) mass is 388 g/mol. The number of fused-ring (bicyclic) bond motifs is 1. The lowest BCUT2D eigenvalue weighted by Crippen LogP contribution is -2.31. The zero-order valence-corrected chi connectivity index (χ0v) is 16.5. The molecule has 29 heavy (non-hydrogen) atoms. The maximum Gasteiger partial charge on any atom is 0.271 e. The molecule has 6 nitrogen and oxygen atoms in total. The van der Waals surface area contributed by atoms with Gasteiger partial charge >= 0.3 is 0 Å². The van der Waals surface area contributed by atoms with Gasteiger partial charge in [0.2, 0.25) is 0 Å². The number of methoxy groups -OCH3 is 1. The fraction of sp³-hybridized carbons (Fsp3) is 0.261. The van der Waals surface area contributed by atoms with E-state index in [-0.39, 0.29) is 5.91 Å². The minimum absolute atomic E-state index is 0.207. The molecule has 6 heteroatoms. The van der Waals surface area contributed by atoms with E-state index in [2.05, 4.69) is 44.5 Å². The molecule has 1 N–H and O–H groups in total. The van der Waals surface area contributed by atoms with Gasteiger partial charge in [-0.25, -0.2) is 9.97 Å². The number of aromatic nitrogens is 2. The van der Waals surface area contributed by atoms with Crippen molar-refractivity contribution in [2.45, 2.75) is 19.4 Å². The molecule has 0 saturated heterocycles. The van der Waals surface area contributed by atoms with Gasteiger partial charge in [0.05, 0.1) is 19.5 Å². The SMILES string of the molecule is COc1ccc(CCNC(=O)c2cnc(N3CCc4ccccc4C3)cn2)cc1. The molecule has 2 heterocycles. The average Bonchev–Trinajstić information content (AvgIpc) is 2.79. The third-order valence-corrected chi connectivity index (χ3v) is 5.18. The van der Waals surface area contributed by atoms with E-state index in [1.54, 1.807) is 19.5 Å². The standard InChI is InChI=1S/C23H24N4O2/c1-29-20-8-6-17(7-9-20)10-12-24-23(28)21-14-26-22(15-25-21)27-13-11-18-4-2-3-5-19(18)16-27/h2-9,14-15H,10-13,16H2,1H3,(H,24,28). The van der Waals surface area contributed by atoms with Crippen LogP contribution in [0, 0.1) is 0 Å². The Balaban J connectivity index is 1.31. The minimum Gasteiger partial charge on any atom is -0.497 e. The normalized spacial score (nSPS) is 12.9. The van der Waals surface area contributed by atoms with Crippen LogP contribution in [0.4, 0.5) is 5.82 Å². The van der Waals surface area contributed by atoms with Gasteiger partial charge in [0.15, 0.2) is 0 Å². The molecule has 0 bridgehead atoms. The summed E-state index contributed by atoms with van der Waals surface area (Å²) < 4.78 is 5.15. The smallest absolute Gasteiger partial charge is 0.271 e. The third kappa shape index (κ3) is 4.54. The number of nitrogens with zero attached hydrogens (tertiary/aromatic N) is 3. The molecule has 1 amide bonds. The quantitative estimate of drug-likeness (QED) is 0.703. The number of amides is 1. The predicted molar refractivity (Wildman–Crippen MR) is 112 cm³/mol. The second kappa shape index (κ2) is 8.73. The maximum absolute atomic E-state index is 12.3. The number of benzene rings is 2. The molecule has 0 spiro atoms. The van der Waals surface area contributed by atoms with Gasteiger partial charge in [0.25, 0.3) is 5.91 Å². The molecule has 3 aromatic rings. The third-order valence-electron chi connectivity index (χ3n) is 5.18. The summed E-state index contributed by atoms with van der Waals surface area (Å²) in [6.45, 7) is 2.26. The van der Waals surface area contributed by atoms with Crippen LogP contribution in [0.25, 0.3) is 0 Å². The molecule has 0 radical (unpaired) electrons. The van der Waals surface area contributed by atoms with Crippen LogP contribution in [0.1, 0.15) is 27.2 Å². The molecule has 0 aliphatic carbocycles. The molecule has 0 saturated carbocycles. The van der Waals surface area contributed by atoms with E-state index in [1.165, 1.54) is 11.1 Å². The second-order valence-corrected chi connectivity index (χ2v) is 7.05. The number of nitrogens with one attached hydrogen (secondary N) is 1. The highest BCUT2D eigenvalue weighted by molar-refractivity contribution is 5.92. The molecule has 1 aliphatic rings. The van der Waals surface area contributed by atoms with Crippen LogP contribution in [0.3, 0.4) is 0 Å². The molecule has 0 unspecified atom stereocenters. The number of carbonyl (C=O) groups excluding carboxylic acids is 1. The number of carbonyl (C=O) groups is 1. The largest absolute Gasteiger partial charge is 0.497 e. The molecule has 0 atom stereocenters. The molecule has 1 aromatic heterocycles. The van der Waals surface area contributed by atoms with Crippen molar-refractivity contribution in [1.82, 2.24) is 15.3 Å². The topological polar surface area (TPSA) is 67.3 Å². The van der Waals surface area contributed by atoms with E-state index in [9.17, 15) is 4.79 Å². The first kappa shape index (κ1) is 18.9. The Morgan fingerprint density at radius 2 is 1.86 bits per heavy atom. The maximum atomic E-state index is 12.3. The molecule has 148 valence electrons. The summed E-state index contributed by atoms with van der Waals surface area (Å²) >= 11 is 0. The summed E-state index contributed by atoms with van der Waals surface area (Å²) in [7, 11) is 1.64. The number of hydrogen-bond donors (Lipinski definition) is 1. The summed E-state index contributed by atoms with van der Waals surface area (Å²) in [5.41, 5.74) is 4.18. The second-order valence-electron chi connectivity index (χ2n) is 7.05. The highest BCUT2D eigenvalue weighted by atomic mass is 16.5. The minimum atomic E-state index is -0.207. The van der Waals surface area contributed by atoms with Crippen LogP contribution in [-0.4, -0.2) is 36.1 Å². The summed E-state index contributed by atoms with van der Waals surface area (Å²) in [5, 5.41) is 2.90. The zero-order chi connectivity index (χ0) is 20.1. The van der Waals surface area contributed by atoms with Gasteiger partial charge in [-0.1, -0.05) is 36.4 Å².